The molecule has 0 saturated carbocycles. The fraction of sp³-hybridized carbons (Fsp3) is 0.200. The molecule has 0 amide bonds. The zero-order valence-electron chi connectivity index (χ0n) is 14.8. The Balaban J connectivity index is 1.82. The summed E-state index contributed by atoms with van der Waals surface area (Å²) in [6.07, 6.45) is 10.2. The third-order valence-electron chi connectivity index (χ3n) is 4.21. The maximum atomic E-state index is 7.87. The van der Waals surface area contributed by atoms with Crippen LogP contribution in [0.5, 0.6) is 5.75 Å². The Kier molecular flexibility index (Phi) is 5.34. The van der Waals surface area contributed by atoms with Crippen LogP contribution in [0.2, 0.25) is 0 Å². The average molecular weight is 350 g/mol. The molecule has 4 N–H and O–H groups in total. The van der Waals surface area contributed by atoms with Gasteiger partial charge in [0.15, 0.2) is 0 Å². The number of allylic oxidation sites excluding steroid dienone is 1. The van der Waals surface area contributed by atoms with Gasteiger partial charge in [0.25, 0.3) is 0 Å². The second kappa shape index (κ2) is 7.84. The lowest BCUT2D eigenvalue weighted by Crippen LogP contribution is -2.15. The molecule has 0 aliphatic heterocycles. The lowest BCUT2D eigenvalue weighted by molar-refractivity contribution is 0.141. The number of nitrogen functional groups attached to an aromatic ring is 1. The molecule has 2 aromatic rings. The number of aromatic nitrogens is 1. The van der Waals surface area contributed by atoms with Crippen LogP contribution in [0, 0.1) is 5.41 Å². The van der Waals surface area contributed by atoms with Gasteiger partial charge in [0, 0.05) is 25.9 Å². The first-order chi connectivity index (χ1) is 12.6. The van der Waals surface area contributed by atoms with Crippen molar-refractivity contribution < 1.29 is 9.47 Å². The molecule has 0 saturated heterocycles. The van der Waals surface area contributed by atoms with Gasteiger partial charge in [-0.25, -0.2) is 0 Å². The normalized spacial score (nSPS) is 16.1. The molecule has 0 radical (unpaired) electrons. The van der Waals surface area contributed by atoms with E-state index in [1.807, 2.05) is 42.5 Å². The van der Waals surface area contributed by atoms with Gasteiger partial charge < -0.3 is 20.5 Å². The standard InChI is InChI=1S/C20H22N4O2/c1-23-18-12-24-11-17(19(18)20(21)22)13-3-5-15(6-4-13)26-16-9-7-14(25-2)8-10-16/h3-7,9-12,14,23H,8H2,1-2H3,(H3,21,22). The van der Waals surface area contributed by atoms with E-state index in [4.69, 9.17) is 20.6 Å². The minimum Gasteiger partial charge on any atom is -0.458 e. The van der Waals surface area contributed by atoms with Gasteiger partial charge in [-0.15, -0.1) is 0 Å². The highest BCUT2D eigenvalue weighted by atomic mass is 16.5. The van der Waals surface area contributed by atoms with Crippen LogP contribution in [-0.2, 0) is 4.74 Å². The van der Waals surface area contributed by atoms with Crippen LogP contribution in [0.15, 0.2) is 60.6 Å². The fourth-order valence-electron chi connectivity index (χ4n) is 2.83. The molecule has 0 bridgehead atoms. The van der Waals surface area contributed by atoms with Crippen LogP contribution in [0.3, 0.4) is 0 Å². The molecule has 1 aliphatic rings. The third kappa shape index (κ3) is 3.75. The lowest BCUT2D eigenvalue weighted by atomic mass is 10.00. The van der Waals surface area contributed by atoms with Gasteiger partial charge in [-0.3, -0.25) is 10.4 Å². The number of pyridine rings is 1. The van der Waals surface area contributed by atoms with E-state index in [2.05, 4.69) is 10.3 Å². The molecule has 1 unspecified atom stereocenters. The predicted molar refractivity (Wildman–Crippen MR) is 104 cm³/mol. The number of hydrogen-bond donors (Lipinski definition) is 3. The number of benzene rings is 1. The molecule has 1 aromatic carbocycles. The number of anilines is 1. The van der Waals surface area contributed by atoms with Crippen molar-refractivity contribution in [1.82, 2.24) is 4.98 Å². The Labute approximate surface area is 152 Å². The first kappa shape index (κ1) is 17.7. The zero-order chi connectivity index (χ0) is 18.5. The molecular weight excluding hydrogens is 328 g/mol. The molecule has 1 aliphatic carbocycles. The summed E-state index contributed by atoms with van der Waals surface area (Å²) in [4.78, 5) is 4.23. The van der Waals surface area contributed by atoms with Crippen LogP contribution < -0.4 is 15.8 Å². The maximum absolute atomic E-state index is 7.87. The van der Waals surface area contributed by atoms with Crippen LogP contribution >= 0.6 is 0 Å². The number of nitrogens with two attached hydrogens (primary N) is 1. The third-order valence-corrected chi connectivity index (χ3v) is 4.21. The topological polar surface area (TPSA) is 93.3 Å². The number of methoxy groups -OCH3 is 1. The monoisotopic (exact) mass is 350 g/mol. The number of rotatable bonds is 6. The number of hydrogen-bond acceptors (Lipinski definition) is 5. The van der Waals surface area contributed by atoms with Crippen molar-refractivity contribution in [1.29, 1.82) is 5.41 Å². The van der Waals surface area contributed by atoms with Crippen molar-refractivity contribution >= 4 is 11.5 Å². The van der Waals surface area contributed by atoms with E-state index in [1.54, 1.807) is 26.6 Å². The maximum Gasteiger partial charge on any atom is 0.127 e. The van der Waals surface area contributed by atoms with Gasteiger partial charge in [0.05, 0.1) is 23.6 Å². The first-order valence-corrected chi connectivity index (χ1v) is 8.32. The van der Waals surface area contributed by atoms with Gasteiger partial charge in [-0.2, -0.15) is 0 Å². The van der Waals surface area contributed by atoms with Gasteiger partial charge >= 0.3 is 0 Å². The summed E-state index contributed by atoms with van der Waals surface area (Å²) in [7, 11) is 3.48. The minimum atomic E-state index is -0.00253. The Morgan fingerprint density at radius 2 is 2.04 bits per heavy atom. The van der Waals surface area contributed by atoms with Crippen LogP contribution in [0.25, 0.3) is 11.1 Å². The number of nitrogens with one attached hydrogen (secondary N) is 2. The summed E-state index contributed by atoms with van der Waals surface area (Å²) in [5.74, 6) is 1.54. The Hall–Kier alpha value is -3.12. The highest BCUT2D eigenvalue weighted by Crippen LogP contribution is 2.29. The Morgan fingerprint density at radius 3 is 2.62 bits per heavy atom. The molecular formula is C20H22N4O2. The number of nitrogens with zero attached hydrogens (tertiary/aromatic N) is 1. The summed E-state index contributed by atoms with van der Waals surface area (Å²) >= 11 is 0. The van der Waals surface area contributed by atoms with Gasteiger partial charge in [-0.1, -0.05) is 18.2 Å². The Morgan fingerprint density at radius 1 is 1.27 bits per heavy atom. The minimum absolute atomic E-state index is 0.00253. The van der Waals surface area contributed by atoms with E-state index in [0.29, 0.717) is 5.56 Å². The summed E-state index contributed by atoms with van der Waals surface area (Å²) in [5.41, 5.74) is 8.85. The van der Waals surface area contributed by atoms with E-state index < -0.39 is 0 Å². The van der Waals surface area contributed by atoms with Crippen molar-refractivity contribution in [2.45, 2.75) is 12.5 Å². The molecule has 0 spiro atoms. The van der Waals surface area contributed by atoms with Gasteiger partial charge in [-0.05, 0) is 36.3 Å². The largest absolute Gasteiger partial charge is 0.458 e. The molecule has 1 atom stereocenters. The highest BCUT2D eigenvalue weighted by molar-refractivity contribution is 6.06. The smallest absolute Gasteiger partial charge is 0.127 e. The lowest BCUT2D eigenvalue weighted by Gasteiger charge is -2.16. The average Bonchev–Trinajstić information content (AvgIpc) is 2.68. The number of ether oxygens (including phenoxy) is 2. The predicted octanol–water partition coefficient (Wildman–Crippen LogP) is 3.31. The second-order valence-corrected chi connectivity index (χ2v) is 5.88. The van der Waals surface area contributed by atoms with Crippen LogP contribution in [0.1, 0.15) is 12.0 Å². The summed E-state index contributed by atoms with van der Waals surface area (Å²) in [5, 5.41) is 10.9. The molecule has 1 heterocycles. The van der Waals surface area contributed by atoms with E-state index >= 15 is 0 Å². The Bertz CT molecular complexity index is 857. The van der Waals surface area contributed by atoms with E-state index in [1.165, 1.54) is 0 Å². The van der Waals surface area contributed by atoms with Crippen molar-refractivity contribution in [3.63, 3.8) is 0 Å². The first-order valence-electron chi connectivity index (χ1n) is 8.32. The van der Waals surface area contributed by atoms with Crippen LogP contribution in [0.4, 0.5) is 5.69 Å². The molecule has 1 aromatic heterocycles. The molecule has 3 rings (SSSR count). The van der Waals surface area contributed by atoms with Crippen molar-refractivity contribution in [3.8, 4) is 16.9 Å². The van der Waals surface area contributed by atoms with E-state index in [9.17, 15) is 0 Å². The summed E-state index contributed by atoms with van der Waals surface area (Å²) < 4.78 is 11.2. The van der Waals surface area contributed by atoms with Crippen LogP contribution in [-0.4, -0.2) is 31.1 Å². The van der Waals surface area contributed by atoms with Gasteiger partial charge in [0.1, 0.15) is 17.3 Å². The summed E-state index contributed by atoms with van der Waals surface area (Å²) in [6.45, 7) is 0. The summed E-state index contributed by atoms with van der Waals surface area (Å²) in [6, 6.07) is 7.65. The van der Waals surface area contributed by atoms with E-state index in [0.717, 1.165) is 34.7 Å². The molecule has 6 heteroatoms. The highest BCUT2D eigenvalue weighted by Gasteiger charge is 2.13. The van der Waals surface area contributed by atoms with E-state index in [-0.39, 0.29) is 11.9 Å². The quantitative estimate of drug-likeness (QED) is 0.549. The second-order valence-electron chi connectivity index (χ2n) is 5.88. The molecule has 0 fully saturated rings. The fourth-order valence-corrected chi connectivity index (χ4v) is 2.83. The number of amidine groups is 1. The van der Waals surface area contributed by atoms with Gasteiger partial charge in [0.2, 0.25) is 0 Å². The molecule has 6 nitrogen and oxygen atoms in total. The zero-order valence-corrected chi connectivity index (χ0v) is 14.8. The molecule has 26 heavy (non-hydrogen) atoms. The van der Waals surface area contributed by atoms with Crippen molar-refractivity contribution in [2.24, 2.45) is 5.73 Å². The molecule has 134 valence electrons. The van der Waals surface area contributed by atoms with Crippen molar-refractivity contribution in [2.75, 3.05) is 19.5 Å². The SMILES string of the molecule is CNc1cncc(-c2ccc(OC3=CCC(OC)C=C3)cc2)c1C(=N)N. The van der Waals surface area contributed by atoms with Crippen molar-refractivity contribution in [3.05, 3.63) is 66.2 Å².